The molecular formula is C15H23N3. The zero-order chi connectivity index (χ0) is 12.6. The van der Waals surface area contributed by atoms with Gasteiger partial charge in [-0.05, 0) is 32.0 Å². The van der Waals surface area contributed by atoms with Gasteiger partial charge in [-0.25, -0.2) is 0 Å². The first-order valence-corrected chi connectivity index (χ1v) is 6.84. The third-order valence-corrected chi connectivity index (χ3v) is 3.22. The molecule has 2 rings (SSSR count). The Bertz CT molecular complexity index is 373. The first kappa shape index (κ1) is 13.1. The Morgan fingerprint density at radius 2 is 2.11 bits per heavy atom. The molecule has 0 amide bonds. The molecule has 18 heavy (non-hydrogen) atoms. The molecule has 0 spiro atoms. The van der Waals surface area contributed by atoms with Gasteiger partial charge in [-0.1, -0.05) is 30.3 Å². The molecule has 1 aromatic rings. The Kier molecular flexibility index (Phi) is 5.21. The second-order valence-corrected chi connectivity index (χ2v) is 4.94. The zero-order valence-electron chi connectivity index (χ0n) is 11.2. The highest BCUT2D eigenvalue weighted by molar-refractivity contribution is 5.83. The Hall–Kier alpha value is -1.35. The molecular weight excluding hydrogens is 222 g/mol. The lowest BCUT2D eigenvalue weighted by molar-refractivity contribution is 0.322. The molecule has 1 aromatic carbocycles. The summed E-state index contributed by atoms with van der Waals surface area (Å²) in [5, 5.41) is 3.42. The second kappa shape index (κ2) is 7.17. The first-order chi connectivity index (χ1) is 8.84. The number of amidine groups is 1. The van der Waals surface area contributed by atoms with E-state index < -0.39 is 0 Å². The van der Waals surface area contributed by atoms with Gasteiger partial charge in [0.2, 0.25) is 0 Å². The van der Waals surface area contributed by atoms with E-state index in [2.05, 4.69) is 52.6 Å². The van der Waals surface area contributed by atoms with Gasteiger partial charge in [-0.3, -0.25) is 4.99 Å². The SMILES string of the molecule is CN(CCCNC1=NCCC1)Cc1ccccc1. The number of nitrogens with zero attached hydrogens (tertiary/aromatic N) is 2. The molecule has 0 radical (unpaired) electrons. The Morgan fingerprint density at radius 3 is 2.83 bits per heavy atom. The summed E-state index contributed by atoms with van der Waals surface area (Å²) >= 11 is 0. The van der Waals surface area contributed by atoms with E-state index in [0.29, 0.717) is 0 Å². The van der Waals surface area contributed by atoms with Gasteiger partial charge in [0.25, 0.3) is 0 Å². The van der Waals surface area contributed by atoms with E-state index >= 15 is 0 Å². The fourth-order valence-corrected chi connectivity index (χ4v) is 2.24. The molecule has 0 bridgehead atoms. The van der Waals surface area contributed by atoms with Gasteiger partial charge in [0, 0.05) is 26.1 Å². The second-order valence-electron chi connectivity index (χ2n) is 4.94. The number of aliphatic imine (C=N–C) groups is 1. The van der Waals surface area contributed by atoms with E-state index in [0.717, 1.165) is 32.6 Å². The number of benzene rings is 1. The zero-order valence-corrected chi connectivity index (χ0v) is 11.2. The van der Waals surface area contributed by atoms with Crippen molar-refractivity contribution in [2.24, 2.45) is 4.99 Å². The van der Waals surface area contributed by atoms with Gasteiger partial charge >= 0.3 is 0 Å². The van der Waals surface area contributed by atoms with Crippen LogP contribution in [0.5, 0.6) is 0 Å². The standard InChI is InChI=1S/C15H23N3/c1-18(13-14-7-3-2-4-8-14)12-6-11-17-15-9-5-10-16-15/h2-4,7-8H,5-6,9-13H2,1H3,(H,16,17). The third kappa shape index (κ3) is 4.49. The molecule has 1 heterocycles. The van der Waals surface area contributed by atoms with Crippen molar-refractivity contribution in [1.29, 1.82) is 0 Å². The van der Waals surface area contributed by atoms with Crippen LogP contribution < -0.4 is 5.32 Å². The summed E-state index contributed by atoms with van der Waals surface area (Å²) in [4.78, 5) is 6.78. The highest BCUT2D eigenvalue weighted by atomic mass is 15.1. The number of hydrogen-bond donors (Lipinski definition) is 1. The normalized spacial score (nSPS) is 14.9. The van der Waals surface area contributed by atoms with Crippen LogP contribution in [0.15, 0.2) is 35.3 Å². The molecule has 0 saturated heterocycles. The van der Waals surface area contributed by atoms with Crippen molar-refractivity contribution in [3.05, 3.63) is 35.9 Å². The lowest BCUT2D eigenvalue weighted by Gasteiger charge is -2.16. The van der Waals surface area contributed by atoms with Crippen LogP contribution in [0.25, 0.3) is 0 Å². The summed E-state index contributed by atoms with van der Waals surface area (Å²) in [6, 6.07) is 10.6. The number of rotatable bonds is 6. The maximum atomic E-state index is 4.41. The highest BCUT2D eigenvalue weighted by Crippen LogP contribution is 2.03. The third-order valence-electron chi connectivity index (χ3n) is 3.22. The molecule has 98 valence electrons. The summed E-state index contributed by atoms with van der Waals surface area (Å²) in [5.41, 5.74) is 1.38. The minimum absolute atomic E-state index is 1.01. The summed E-state index contributed by atoms with van der Waals surface area (Å²) in [5.74, 6) is 1.21. The molecule has 0 aromatic heterocycles. The summed E-state index contributed by atoms with van der Waals surface area (Å²) < 4.78 is 0. The molecule has 0 aliphatic carbocycles. The van der Waals surface area contributed by atoms with Gasteiger partial charge in [-0.15, -0.1) is 0 Å². The largest absolute Gasteiger partial charge is 0.374 e. The molecule has 3 nitrogen and oxygen atoms in total. The van der Waals surface area contributed by atoms with Crippen molar-refractivity contribution in [2.45, 2.75) is 25.8 Å². The fraction of sp³-hybridized carbons (Fsp3) is 0.533. The van der Waals surface area contributed by atoms with E-state index in [4.69, 9.17) is 0 Å². The Labute approximate surface area is 110 Å². The molecule has 0 unspecified atom stereocenters. The molecule has 3 heteroatoms. The van der Waals surface area contributed by atoms with Crippen LogP contribution in [0.2, 0.25) is 0 Å². The summed E-state index contributed by atoms with van der Waals surface area (Å²) in [6.07, 6.45) is 3.53. The molecule has 1 aliphatic heterocycles. The summed E-state index contributed by atoms with van der Waals surface area (Å²) in [6.45, 7) is 4.20. The van der Waals surface area contributed by atoms with Crippen LogP contribution in [0.4, 0.5) is 0 Å². The van der Waals surface area contributed by atoms with Crippen LogP contribution >= 0.6 is 0 Å². The van der Waals surface area contributed by atoms with E-state index in [1.54, 1.807) is 0 Å². The summed E-state index contributed by atoms with van der Waals surface area (Å²) in [7, 11) is 2.18. The Morgan fingerprint density at radius 1 is 1.28 bits per heavy atom. The maximum Gasteiger partial charge on any atom is 0.0963 e. The number of hydrogen-bond acceptors (Lipinski definition) is 3. The van der Waals surface area contributed by atoms with Crippen molar-refractivity contribution in [2.75, 3.05) is 26.7 Å². The van der Waals surface area contributed by atoms with Gasteiger partial charge < -0.3 is 10.2 Å². The van der Waals surface area contributed by atoms with Gasteiger partial charge in [0.05, 0.1) is 5.84 Å². The molecule has 0 atom stereocenters. The molecule has 0 saturated carbocycles. The van der Waals surface area contributed by atoms with Gasteiger partial charge in [0.1, 0.15) is 0 Å². The van der Waals surface area contributed by atoms with Crippen LogP contribution in [-0.2, 0) is 6.54 Å². The highest BCUT2D eigenvalue weighted by Gasteiger charge is 2.05. The average molecular weight is 245 g/mol. The van der Waals surface area contributed by atoms with Crippen LogP contribution in [0.3, 0.4) is 0 Å². The van der Waals surface area contributed by atoms with Gasteiger partial charge in [-0.2, -0.15) is 0 Å². The monoisotopic (exact) mass is 245 g/mol. The predicted molar refractivity (Wildman–Crippen MR) is 76.9 cm³/mol. The number of nitrogens with one attached hydrogen (secondary N) is 1. The van der Waals surface area contributed by atoms with E-state index in [1.165, 1.54) is 24.2 Å². The minimum Gasteiger partial charge on any atom is -0.374 e. The minimum atomic E-state index is 1.01. The smallest absolute Gasteiger partial charge is 0.0963 e. The van der Waals surface area contributed by atoms with Crippen molar-refractivity contribution in [1.82, 2.24) is 10.2 Å². The van der Waals surface area contributed by atoms with Crippen molar-refractivity contribution in [3.8, 4) is 0 Å². The van der Waals surface area contributed by atoms with E-state index in [-0.39, 0.29) is 0 Å². The van der Waals surface area contributed by atoms with E-state index in [1.807, 2.05) is 0 Å². The molecule has 1 aliphatic rings. The van der Waals surface area contributed by atoms with Gasteiger partial charge in [0.15, 0.2) is 0 Å². The van der Waals surface area contributed by atoms with Crippen LogP contribution in [0, 0.1) is 0 Å². The van der Waals surface area contributed by atoms with Crippen LogP contribution in [0.1, 0.15) is 24.8 Å². The maximum absolute atomic E-state index is 4.41. The van der Waals surface area contributed by atoms with Crippen molar-refractivity contribution in [3.63, 3.8) is 0 Å². The topological polar surface area (TPSA) is 27.6 Å². The van der Waals surface area contributed by atoms with Crippen molar-refractivity contribution < 1.29 is 0 Å². The first-order valence-electron chi connectivity index (χ1n) is 6.84. The molecule has 0 fully saturated rings. The quantitative estimate of drug-likeness (QED) is 0.779. The lowest BCUT2D eigenvalue weighted by Crippen LogP contribution is -2.27. The predicted octanol–water partition coefficient (Wildman–Crippen LogP) is 2.29. The van der Waals surface area contributed by atoms with Crippen LogP contribution in [-0.4, -0.2) is 37.4 Å². The fourth-order valence-electron chi connectivity index (χ4n) is 2.24. The molecule has 1 N–H and O–H groups in total. The average Bonchev–Trinajstić information content (AvgIpc) is 2.89. The van der Waals surface area contributed by atoms with E-state index in [9.17, 15) is 0 Å². The van der Waals surface area contributed by atoms with Crippen molar-refractivity contribution >= 4 is 5.84 Å². The lowest BCUT2D eigenvalue weighted by atomic mass is 10.2. The Balaban J connectivity index is 1.58.